The van der Waals surface area contributed by atoms with Gasteiger partial charge in [-0.3, -0.25) is 4.79 Å². The quantitative estimate of drug-likeness (QED) is 0.451. The van der Waals surface area contributed by atoms with E-state index in [1.807, 2.05) is 6.92 Å². The Hall–Kier alpha value is -1.97. The number of hydrogen-bond acceptors (Lipinski definition) is 4. The second kappa shape index (κ2) is 5.94. The molecule has 0 spiro atoms. The van der Waals surface area contributed by atoms with Gasteiger partial charge >= 0.3 is 0 Å². The van der Waals surface area contributed by atoms with Crippen LogP contribution in [0.3, 0.4) is 0 Å². The van der Waals surface area contributed by atoms with Crippen LogP contribution in [0, 0.1) is 0 Å². The zero-order valence-corrected chi connectivity index (χ0v) is 10.2. The summed E-state index contributed by atoms with van der Waals surface area (Å²) in [6.07, 6.45) is 2.05. The lowest BCUT2D eigenvalue weighted by molar-refractivity contribution is 0.0985. The molecule has 0 aromatic heterocycles. The topological polar surface area (TPSA) is 64.3 Å². The number of nitrogens with one attached hydrogen (secondary N) is 1. The number of carbonyl (C=O) groups is 1. The number of nitrogens with two attached hydrogens (primary N) is 1. The Morgan fingerprint density at radius 1 is 1.59 bits per heavy atom. The average Bonchev–Trinajstić information content (AvgIpc) is 2.35. The number of hydrogen-bond donors (Lipinski definition) is 2. The smallest absolute Gasteiger partial charge is 0.166 e. The number of nitrogen functional groups attached to an aromatic ring is 1. The Bertz CT molecular complexity index is 428. The van der Waals surface area contributed by atoms with Gasteiger partial charge in [-0.15, -0.1) is 0 Å². The second-order valence-electron chi connectivity index (χ2n) is 3.56. The van der Waals surface area contributed by atoms with Gasteiger partial charge < -0.3 is 15.8 Å². The third kappa shape index (κ3) is 3.00. The summed E-state index contributed by atoms with van der Waals surface area (Å²) in [5, 5.41) is 2.95. The van der Waals surface area contributed by atoms with Crippen molar-refractivity contribution in [1.29, 1.82) is 0 Å². The molecule has 4 nitrogen and oxygen atoms in total. The van der Waals surface area contributed by atoms with Crippen molar-refractivity contribution in [2.75, 3.05) is 24.7 Å². The minimum atomic E-state index is 0.0124. The first-order valence-electron chi connectivity index (χ1n) is 5.52. The molecule has 1 rings (SSSR count). The summed E-state index contributed by atoms with van der Waals surface area (Å²) >= 11 is 0. The van der Waals surface area contributed by atoms with Crippen molar-refractivity contribution in [3.8, 4) is 5.75 Å². The lowest BCUT2D eigenvalue weighted by Gasteiger charge is -2.13. The maximum absolute atomic E-state index is 11.8. The van der Waals surface area contributed by atoms with Crippen LogP contribution < -0.4 is 15.8 Å². The first-order valence-corrected chi connectivity index (χ1v) is 5.52. The molecule has 0 aliphatic rings. The molecule has 0 fully saturated rings. The van der Waals surface area contributed by atoms with Gasteiger partial charge in [0.25, 0.3) is 0 Å². The van der Waals surface area contributed by atoms with Crippen molar-refractivity contribution in [1.82, 2.24) is 0 Å². The first kappa shape index (κ1) is 13.1. The molecule has 0 amide bonds. The first-order chi connectivity index (χ1) is 8.13. The Labute approximate surface area is 101 Å². The van der Waals surface area contributed by atoms with E-state index < -0.39 is 0 Å². The predicted octanol–water partition coefficient (Wildman–Crippen LogP) is 2.47. The van der Waals surface area contributed by atoms with Gasteiger partial charge in [-0.2, -0.15) is 0 Å². The zero-order chi connectivity index (χ0) is 12.8. The number of Topliss-reactive ketones (excluding diaryl/α,β-unsaturated/α-hetero) is 1. The lowest BCUT2D eigenvalue weighted by Crippen LogP contribution is -2.06. The van der Waals surface area contributed by atoms with Crippen LogP contribution in [0.5, 0.6) is 5.75 Å². The molecule has 0 heterocycles. The number of ketones is 1. The lowest BCUT2D eigenvalue weighted by atomic mass is 10.1. The molecule has 0 radical (unpaired) electrons. The van der Waals surface area contributed by atoms with Gasteiger partial charge in [-0.05, 0) is 6.07 Å². The molecular weight excluding hydrogens is 216 g/mol. The predicted molar refractivity (Wildman–Crippen MR) is 70.7 cm³/mol. The molecule has 3 N–H and O–H groups in total. The minimum absolute atomic E-state index is 0.0124. The van der Waals surface area contributed by atoms with Gasteiger partial charge in [-0.1, -0.05) is 19.6 Å². The monoisotopic (exact) mass is 234 g/mol. The number of anilines is 2. The van der Waals surface area contributed by atoms with Crippen molar-refractivity contribution in [3.63, 3.8) is 0 Å². The maximum Gasteiger partial charge on any atom is 0.166 e. The second-order valence-corrected chi connectivity index (χ2v) is 3.56. The van der Waals surface area contributed by atoms with Crippen molar-refractivity contribution in [2.45, 2.75) is 13.3 Å². The van der Waals surface area contributed by atoms with Gasteiger partial charge in [0.1, 0.15) is 12.4 Å². The minimum Gasteiger partial charge on any atom is -0.489 e. The molecule has 92 valence electrons. The van der Waals surface area contributed by atoms with E-state index in [-0.39, 0.29) is 5.78 Å². The Balaban J connectivity index is 3.20. The van der Waals surface area contributed by atoms with Gasteiger partial charge in [0.05, 0.1) is 16.9 Å². The summed E-state index contributed by atoms with van der Waals surface area (Å²) in [5.74, 6) is 0.550. The number of rotatable bonds is 6. The Kier molecular flexibility index (Phi) is 4.57. The summed E-state index contributed by atoms with van der Waals surface area (Å²) < 4.78 is 5.47. The molecule has 0 saturated heterocycles. The molecule has 4 heteroatoms. The third-order valence-electron chi connectivity index (χ3n) is 2.40. The highest BCUT2D eigenvalue weighted by atomic mass is 16.5. The highest BCUT2D eigenvalue weighted by molar-refractivity contribution is 6.00. The highest BCUT2D eigenvalue weighted by Gasteiger charge is 2.13. The maximum atomic E-state index is 11.8. The van der Waals surface area contributed by atoms with E-state index >= 15 is 0 Å². The van der Waals surface area contributed by atoms with E-state index in [0.29, 0.717) is 30.0 Å². The zero-order valence-electron chi connectivity index (χ0n) is 10.2. The summed E-state index contributed by atoms with van der Waals surface area (Å²) in [6.45, 7) is 5.75. The van der Waals surface area contributed by atoms with E-state index in [1.54, 1.807) is 25.3 Å². The van der Waals surface area contributed by atoms with Crippen molar-refractivity contribution < 1.29 is 9.53 Å². The molecule has 0 aliphatic carbocycles. The summed E-state index contributed by atoms with van der Waals surface area (Å²) in [7, 11) is 1.77. The van der Waals surface area contributed by atoms with Gasteiger partial charge in [-0.25, -0.2) is 0 Å². The Morgan fingerprint density at radius 3 is 2.82 bits per heavy atom. The summed E-state index contributed by atoms with van der Waals surface area (Å²) in [5.41, 5.74) is 7.64. The molecule has 0 atom stereocenters. The molecule has 17 heavy (non-hydrogen) atoms. The average molecular weight is 234 g/mol. The van der Waals surface area contributed by atoms with Crippen molar-refractivity contribution >= 4 is 17.2 Å². The highest BCUT2D eigenvalue weighted by Crippen LogP contribution is 2.30. The van der Waals surface area contributed by atoms with Crippen LogP contribution in [0.4, 0.5) is 11.4 Å². The van der Waals surface area contributed by atoms with E-state index in [4.69, 9.17) is 10.5 Å². The molecule has 0 bridgehead atoms. The number of benzene rings is 1. The van der Waals surface area contributed by atoms with Crippen molar-refractivity contribution in [2.24, 2.45) is 0 Å². The van der Waals surface area contributed by atoms with E-state index in [0.717, 1.165) is 5.69 Å². The van der Waals surface area contributed by atoms with Crippen LogP contribution in [0.15, 0.2) is 24.8 Å². The normalized spacial score (nSPS) is 9.76. The molecule has 1 aromatic carbocycles. The van der Waals surface area contributed by atoms with Crippen LogP contribution in [-0.4, -0.2) is 19.4 Å². The van der Waals surface area contributed by atoms with E-state index in [2.05, 4.69) is 11.9 Å². The van der Waals surface area contributed by atoms with Gasteiger partial charge in [0.2, 0.25) is 0 Å². The standard InChI is InChI=1S/C13H18N2O2/c1-4-6-17-13-8-11(15-3)10(14)7-9(13)12(16)5-2/h4,7-8,15H,1,5-6,14H2,2-3H3. The van der Waals surface area contributed by atoms with Crippen LogP contribution in [-0.2, 0) is 0 Å². The molecule has 0 unspecified atom stereocenters. The van der Waals surface area contributed by atoms with Crippen molar-refractivity contribution in [3.05, 3.63) is 30.4 Å². The molecule has 1 aromatic rings. The van der Waals surface area contributed by atoms with Gasteiger partial charge in [0, 0.05) is 19.5 Å². The van der Waals surface area contributed by atoms with Gasteiger partial charge in [0.15, 0.2) is 5.78 Å². The van der Waals surface area contributed by atoms with E-state index in [9.17, 15) is 4.79 Å². The van der Waals surface area contributed by atoms with Crippen LogP contribution in [0.2, 0.25) is 0 Å². The summed E-state index contributed by atoms with van der Waals surface area (Å²) in [4.78, 5) is 11.8. The van der Waals surface area contributed by atoms with Crippen LogP contribution >= 0.6 is 0 Å². The van der Waals surface area contributed by atoms with Crippen LogP contribution in [0.25, 0.3) is 0 Å². The fourth-order valence-electron chi connectivity index (χ4n) is 1.49. The fourth-order valence-corrected chi connectivity index (χ4v) is 1.49. The SMILES string of the molecule is C=CCOc1cc(NC)c(N)cc1C(=O)CC. The van der Waals surface area contributed by atoms with Crippen LogP contribution in [0.1, 0.15) is 23.7 Å². The molecule has 0 saturated carbocycles. The third-order valence-corrected chi connectivity index (χ3v) is 2.40. The molecular formula is C13H18N2O2. The Morgan fingerprint density at radius 2 is 2.29 bits per heavy atom. The summed E-state index contributed by atoms with van der Waals surface area (Å²) in [6, 6.07) is 3.39. The molecule has 0 aliphatic heterocycles. The fraction of sp³-hybridized carbons (Fsp3) is 0.308. The van der Waals surface area contributed by atoms with E-state index in [1.165, 1.54) is 0 Å². The number of ether oxygens (including phenoxy) is 1. The number of carbonyl (C=O) groups excluding carboxylic acids is 1. The largest absolute Gasteiger partial charge is 0.489 e.